The van der Waals surface area contributed by atoms with Crippen LogP contribution < -0.4 is 11.1 Å². The van der Waals surface area contributed by atoms with Gasteiger partial charge in [0.1, 0.15) is 0 Å². The summed E-state index contributed by atoms with van der Waals surface area (Å²) < 4.78 is 0. The molecule has 0 aromatic heterocycles. The number of carbonyl (C=O) groups is 1. The van der Waals surface area contributed by atoms with E-state index in [2.05, 4.69) is 38.2 Å². The molecule has 0 aliphatic heterocycles. The van der Waals surface area contributed by atoms with Gasteiger partial charge in [0.05, 0.1) is 0 Å². The van der Waals surface area contributed by atoms with Crippen molar-refractivity contribution in [3.05, 3.63) is 0 Å². The predicted molar refractivity (Wildman–Crippen MR) is 79.9 cm³/mol. The van der Waals surface area contributed by atoms with Crippen LogP contribution in [0, 0.1) is 11.8 Å². The fraction of sp³-hybridized carbons (Fsp3) is 0.933. The number of nitrogens with two attached hydrogens (primary N) is 1. The Balaban J connectivity index is 2.38. The normalized spacial score (nSPS) is 25.6. The van der Waals surface area contributed by atoms with E-state index in [1.165, 1.54) is 0 Å². The molecule has 112 valence electrons. The Hall–Kier alpha value is -0.610. The van der Waals surface area contributed by atoms with Crippen molar-refractivity contribution in [3.8, 4) is 0 Å². The van der Waals surface area contributed by atoms with Crippen molar-refractivity contribution in [1.29, 1.82) is 0 Å². The fourth-order valence-corrected chi connectivity index (χ4v) is 2.85. The van der Waals surface area contributed by atoms with Crippen LogP contribution in [0.4, 0.5) is 0 Å². The van der Waals surface area contributed by atoms with Crippen molar-refractivity contribution >= 4 is 5.91 Å². The van der Waals surface area contributed by atoms with Gasteiger partial charge in [0.25, 0.3) is 0 Å². The van der Waals surface area contributed by atoms with Crippen molar-refractivity contribution in [2.24, 2.45) is 17.6 Å². The maximum absolute atomic E-state index is 12.2. The molecular formula is C15H31N3O. The molecule has 1 fully saturated rings. The summed E-state index contributed by atoms with van der Waals surface area (Å²) in [5.74, 6) is 0.976. The van der Waals surface area contributed by atoms with Gasteiger partial charge >= 0.3 is 0 Å². The van der Waals surface area contributed by atoms with Crippen molar-refractivity contribution in [2.75, 3.05) is 20.6 Å². The van der Waals surface area contributed by atoms with E-state index in [1.54, 1.807) is 0 Å². The predicted octanol–water partition coefficient (Wildman–Crippen LogP) is 1.60. The van der Waals surface area contributed by atoms with Gasteiger partial charge in [-0.3, -0.25) is 4.79 Å². The molecule has 3 atom stereocenters. The molecule has 4 nitrogen and oxygen atoms in total. The third-order valence-corrected chi connectivity index (χ3v) is 4.07. The summed E-state index contributed by atoms with van der Waals surface area (Å²) in [5, 5.41) is 3.12. The quantitative estimate of drug-likeness (QED) is 0.770. The van der Waals surface area contributed by atoms with Crippen LogP contribution >= 0.6 is 0 Å². The molecule has 19 heavy (non-hydrogen) atoms. The molecule has 4 heteroatoms. The number of nitrogens with one attached hydrogen (secondary N) is 1. The van der Waals surface area contributed by atoms with Crippen molar-refractivity contribution in [1.82, 2.24) is 10.2 Å². The van der Waals surface area contributed by atoms with E-state index in [9.17, 15) is 4.79 Å². The van der Waals surface area contributed by atoms with Crippen LogP contribution in [0.5, 0.6) is 0 Å². The molecule has 3 N–H and O–H groups in total. The molecule has 0 aromatic rings. The van der Waals surface area contributed by atoms with Gasteiger partial charge in [-0.2, -0.15) is 0 Å². The van der Waals surface area contributed by atoms with Gasteiger partial charge in [-0.1, -0.05) is 20.3 Å². The Bertz CT molecular complexity index is 279. The monoisotopic (exact) mass is 269 g/mol. The molecule has 0 heterocycles. The summed E-state index contributed by atoms with van der Waals surface area (Å²) in [7, 11) is 4.16. The van der Waals surface area contributed by atoms with E-state index >= 15 is 0 Å². The molecule has 3 unspecified atom stereocenters. The average Bonchev–Trinajstić information content (AvgIpc) is 2.33. The molecule has 0 radical (unpaired) electrons. The number of amides is 1. The zero-order chi connectivity index (χ0) is 14.4. The molecule has 1 aliphatic carbocycles. The maximum Gasteiger partial charge on any atom is 0.223 e. The minimum Gasteiger partial charge on any atom is -0.354 e. The van der Waals surface area contributed by atoms with Gasteiger partial charge in [0.15, 0.2) is 0 Å². The highest BCUT2D eigenvalue weighted by Gasteiger charge is 2.25. The Morgan fingerprint density at radius 3 is 2.58 bits per heavy atom. The summed E-state index contributed by atoms with van der Waals surface area (Å²) in [6.45, 7) is 5.19. The summed E-state index contributed by atoms with van der Waals surface area (Å²) in [6.07, 6.45) is 5.11. The van der Waals surface area contributed by atoms with Gasteiger partial charge in [-0.05, 0) is 45.7 Å². The van der Waals surface area contributed by atoms with E-state index in [0.717, 1.165) is 38.6 Å². The Labute approximate surface area is 118 Å². The number of carbonyl (C=O) groups excluding carboxylic acids is 1. The molecule has 0 aromatic carbocycles. The lowest BCUT2D eigenvalue weighted by Crippen LogP contribution is -2.44. The topological polar surface area (TPSA) is 58.4 Å². The van der Waals surface area contributed by atoms with E-state index in [4.69, 9.17) is 5.73 Å². The van der Waals surface area contributed by atoms with E-state index in [0.29, 0.717) is 12.0 Å². The molecule has 1 saturated carbocycles. The summed E-state index contributed by atoms with van der Waals surface area (Å²) >= 11 is 0. The number of hydrogen-bond acceptors (Lipinski definition) is 3. The summed E-state index contributed by atoms with van der Waals surface area (Å²) in [6, 6.07) is 0.631. The van der Waals surface area contributed by atoms with Gasteiger partial charge in [0.2, 0.25) is 5.91 Å². The highest BCUT2D eigenvalue weighted by molar-refractivity contribution is 5.78. The minimum absolute atomic E-state index is 0.130. The first-order valence-electron chi connectivity index (χ1n) is 7.59. The zero-order valence-corrected chi connectivity index (χ0v) is 13.0. The molecule has 1 amide bonds. The van der Waals surface area contributed by atoms with Crippen LogP contribution in [0.3, 0.4) is 0 Å². The van der Waals surface area contributed by atoms with Gasteiger partial charge in [-0.25, -0.2) is 0 Å². The smallest absolute Gasteiger partial charge is 0.223 e. The first-order valence-corrected chi connectivity index (χ1v) is 7.59. The van der Waals surface area contributed by atoms with Crippen LogP contribution in [0.15, 0.2) is 0 Å². The largest absolute Gasteiger partial charge is 0.354 e. The van der Waals surface area contributed by atoms with Crippen LogP contribution in [0.2, 0.25) is 0 Å². The lowest BCUT2D eigenvalue weighted by atomic mass is 9.85. The second-order valence-corrected chi connectivity index (χ2v) is 6.62. The first kappa shape index (κ1) is 16.4. The van der Waals surface area contributed by atoms with Crippen molar-refractivity contribution in [3.63, 3.8) is 0 Å². The van der Waals surface area contributed by atoms with Crippen molar-refractivity contribution < 1.29 is 4.79 Å². The lowest BCUT2D eigenvalue weighted by Gasteiger charge is -2.29. The minimum atomic E-state index is 0.130. The molecular weight excluding hydrogens is 238 g/mol. The molecule has 1 aliphatic rings. The second kappa shape index (κ2) is 7.85. The van der Waals surface area contributed by atoms with E-state index < -0.39 is 0 Å². The van der Waals surface area contributed by atoms with Crippen LogP contribution in [-0.2, 0) is 4.79 Å². The zero-order valence-electron chi connectivity index (χ0n) is 13.0. The highest BCUT2D eigenvalue weighted by Crippen LogP contribution is 2.23. The fourth-order valence-electron chi connectivity index (χ4n) is 2.85. The molecule has 1 rings (SSSR count). The van der Waals surface area contributed by atoms with Crippen LogP contribution in [0.25, 0.3) is 0 Å². The standard InChI is InChI=1S/C15H31N3O/c1-11(2)8-14(18(3)4)10-17-15(19)12-6-5-7-13(16)9-12/h11-14H,5-10,16H2,1-4H3,(H,17,19). The van der Waals surface area contributed by atoms with E-state index in [-0.39, 0.29) is 17.9 Å². The summed E-state index contributed by atoms with van der Waals surface area (Å²) in [4.78, 5) is 14.4. The van der Waals surface area contributed by atoms with Crippen LogP contribution in [-0.4, -0.2) is 43.5 Å². The number of rotatable bonds is 6. The third-order valence-electron chi connectivity index (χ3n) is 4.07. The van der Waals surface area contributed by atoms with Crippen molar-refractivity contribution in [2.45, 2.75) is 58.0 Å². The van der Waals surface area contributed by atoms with Gasteiger partial charge in [-0.15, -0.1) is 0 Å². The number of hydrogen-bond donors (Lipinski definition) is 2. The highest BCUT2D eigenvalue weighted by atomic mass is 16.1. The SMILES string of the molecule is CC(C)CC(CNC(=O)C1CCCC(N)C1)N(C)C. The molecule has 0 bridgehead atoms. The molecule has 0 spiro atoms. The van der Waals surface area contributed by atoms with Gasteiger partial charge in [0, 0.05) is 24.5 Å². The third kappa shape index (κ3) is 5.91. The Kier molecular flexibility index (Phi) is 6.80. The maximum atomic E-state index is 12.2. The first-order chi connectivity index (χ1) is 8.90. The number of nitrogens with zero attached hydrogens (tertiary/aromatic N) is 1. The Morgan fingerprint density at radius 1 is 1.37 bits per heavy atom. The average molecular weight is 269 g/mol. The Morgan fingerprint density at radius 2 is 2.05 bits per heavy atom. The molecule has 0 saturated heterocycles. The second-order valence-electron chi connectivity index (χ2n) is 6.62. The summed E-state index contributed by atoms with van der Waals surface area (Å²) in [5.41, 5.74) is 5.94. The lowest BCUT2D eigenvalue weighted by molar-refractivity contribution is -0.126. The van der Waals surface area contributed by atoms with Crippen LogP contribution in [0.1, 0.15) is 46.0 Å². The van der Waals surface area contributed by atoms with E-state index in [1.807, 2.05) is 0 Å². The van der Waals surface area contributed by atoms with Gasteiger partial charge < -0.3 is 16.0 Å². The number of likely N-dealkylation sites (N-methyl/N-ethyl adjacent to an activating group) is 1.